The van der Waals surface area contributed by atoms with Crippen LogP contribution in [0.25, 0.3) is 0 Å². The molecule has 0 aromatic carbocycles. The zero-order valence-corrected chi connectivity index (χ0v) is 9.58. The van der Waals surface area contributed by atoms with E-state index >= 15 is 0 Å². The molecule has 15 heavy (non-hydrogen) atoms. The van der Waals surface area contributed by atoms with Crippen molar-refractivity contribution in [1.29, 1.82) is 0 Å². The van der Waals surface area contributed by atoms with Crippen molar-refractivity contribution in [1.82, 2.24) is 5.43 Å². The van der Waals surface area contributed by atoms with Crippen LogP contribution < -0.4 is 11.2 Å². The van der Waals surface area contributed by atoms with Crippen LogP contribution in [0, 0.1) is 11.8 Å². The second-order valence-corrected chi connectivity index (χ2v) is 4.39. The molecule has 0 heterocycles. The van der Waals surface area contributed by atoms with Crippen LogP contribution in [0.5, 0.6) is 0 Å². The predicted molar refractivity (Wildman–Crippen MR) is 61.5 cm³/mol. The lowest BCUT2D eigenvalue weighted by Crippen LogP contribution is -2.29. The van der Waals surface area contributed by atoms with Crippen LogP contribution in [-0.4, -0.2) is 11.7 Å². The number of hydrogen-bond acceptors (Lipinski definition) is 2. The molecule has 1 rings (SSSR count). The van der Waals surface area contributed by atoms with Gasteiger partial charge in [0.2, 0.25) is 0 Å². The summed E-state index contributed by atoms with van der Waals surface area (Å²) in [4.78, 5) is 10.6. The third kappa shape index (κ3) is 3.38. The Kier molecular flexibility index (Phi) is 3.88. The first-order valence-corrected chi connectivity index (χ1v) is 5.31. The number of hydrogen-bond donors (Lipinski definition) is 2. The number of rotatable bonds is 2. The minimum atomic E-state index is -0.610. The second-order valence-electron chi connectivity index (χ2n) is 4.39. The molecule has 0 radical (unpaired) electrons. The topological polar surface area (TPSA) is 67.5 Å². The fourth-order valence-electron chi connectivity index (χ4n) is 1.87. The van der Waals surface area contributed by atoms with Gasteiger partial charge < -0.3 is 5.73 Å². The number of nitrogens with one attached hydrogen (secondary N) is 1. The number of carbonyl (C=O) groups is 1. The molecular formula is C11H19N3O. The molecule has 3 N–H and O–H groups in total. The van der Waals surface area contributed by atoms with Crippen molar-refractivity contribution in [3.63, 3.8) is 0 Å². The number of nitrogens with two attached hydrogens (primary N) is 1. The standard InChI is InChI=1S/C11H19N3O/c1-7(2)9-5-4-8(3)6-10(9)13-14-11(12)15/h6-7,9H,4-5H2,1-3H3,(H3,12,14,15)/t9-/m1/s1. The maximum Gasteiger partial charge on any atom is 0.332 e. The molecule has 0 aromatic rings. The number of carbonyl (C=O) groups excluding carboxylic acids is 1. The van der Waals surface area contributed by atoms with E-state index in [1.54, 1.807) is 0 Å². The van der Waals surface area contributed by atoms with Crippen LogP contribution in [-0.2, 0) is 0 Å². The van der Waals surface area contributed by atoms with E-state index in [0.717, 1.165) is 18.6 Å². The number of nitrogens with zero attached hydrogens (tertiary/aromatic N) is 1. The maximum atomic E-state index is 10.6. The van der Waals surface area contributed by atoms with E-state index < -0.39 is 6.03 Å². The molecule has 0 fully saturated rings. The molecule has 84 valence electrons. The summed E-state index contributed by atoms with van der Waals surface area (Å²) in [6.45, 7) is 6.41. The first-order chi connectivity index (χ1) is 7.00. The van der Waals surface area contributed by atoms with Gasteiger partial charge in [-0.05, 0) is 31.8 Å². The second kappa shape index (κ2) is 4.96. The Hall–Kier alpha value is -1.32. The van der Waals surface area contributed by atoms with Crippen LogP contribution >= 0.6 is 0 Å². The van der Waals surface area contributed by atoms with E-state index in [9.17, 15) is 4.79 Å². The Morgan fingerprint density at radius 1 is 1.67 bits per heavy atom. The van der Waals surface area contributed by atoms with Gasteiger partial charge in [0.05, 0.1) is 5.71 Å². The summed E-state index contributed by atoms with van der Waals surface area (Å²) in [7, 11) is 0. The van der Waals surface area contributed by atoms with Gasteiger partial charge in [-0.1, -0.05) is 19.4 Å². The van der Waals surface area contributed by atoms with Gasteiger partial charge in [0, 0.05) is 5.92 Å². The van der Waals surface area contributed by atoms with E-state index in [2.05, 4.69) is 31.3 Å². The van der Waals surface area contributed by atoms with Crippen LogP contribution in [0.4, 0.5) is 4.79 Å². The van der Waals surface area contributed by atoms with E-state index in [0.29, 0.717) is 11.8 Å². The summed E-state index contributed by atoms with van der Waals surface area (Å²) < 4.78 is 0. The molecule has 0 saturated carbocycles. The molecule has 0 unspecified atom stereocenters. The Morgan fingerprint density at radius 3 is 2.87 bits per heavy atom. The SMILES string of the molecule is CC1=CC(=NNC(N)=O)[C@@H](C(C)C)CC1. The zero-order valence-electron chi connectivity index (χ0n) is 9.58. The van der Waals surface area contributed by atoms with Gasteiger partial charge in [-0.15, -0.1) is 0 Å². The molecule has 0 saturated heterocycles. The first-order valence-electron chi connectivity index (χ1n) is 5.31. The van der Waals surface area contributed by atoms with Gasteiger partial charge in [0.1, 0.15) is 0 Å². The maximum absolute atomic E-state index is 10.6. The highest BCUT2D eigenvalue weighted by atomic mass is 16.2. The number of urea groups is 1. The van der Waals surface area contributed by atoms with Gasteiger partial charge in [-0.3, -0.25) is 0 Å². The lowest BCUT2D eigenvalue weighted by Gasteiger charge is -2.25. The normalized spacial score (nSPS) is 24.1. The van der Waals surface area contributed by atoms with Crippen LogP contribution in [0.15, 0.2) is 16.8 Å². The number of amides is 2. The third-order valence-electron chi connectivity index (χ3n) is 2.72. The predicted octanol–water partition coefficient (Wildman–Crippen LogP) is 2.02. The molecule has 0 aromatic heterocycles. The van der Waals surface area contributed by atoms with Crippen LogP contribution in [0.2, 0.25) is 0 Å². The first kappa shape index (κ1) is 11.8. The van der Waals surface area contributed by atoms with E-state index in [-0.39, 0.29) is 0 Å². The fraction of sp³-hybridized carbons (Fsp3) is 0.636. The molecule has 1 aliphatic rings. The number of allylic oxidation sites excluding steroid dienone is 2. The average Bonchev–Trinajstić information content (AvgIpc) is 2.14. The average molecular weight is 209 g/mol. The monoisotopic (exact) mass is 209 g/mol. The largest absolute Gasteiger partial charge is 0.350 e. The third-order valence-corrected chi connectivity index (χ3v) is 2.72. The highest BCUT2D eigenvalue weighted by Crippen LogP contribution is 2.27. The Balaban J connectivity index is 2.82. The lowest BCUT2D eigenvalue weighted by molar-refractivity contribution is 0.249. The van der Waals surface area contributed by atoms with Gasteiger partial charge in [-0.25, -0.2) is 10.2 Å². The quantitative estimate of drug-likeness (QED) is 0.671. The Morgan fingerprint density at radius 2 is 2.33 bits per heavy atom. The van der Waals surface area contributed by atoms with Crippen molar-refractivity contribution < 1.29 is 4.79 Å². The molecule has 0 aliphatic heterocycles. The van der Waals surface area contributed by atoms with E-state index in [1.165, 1.54) is 5.57 Å². The molecule has 0 bridgehead atoms. The molecule has 0 spiro atoms. The minimum Gasteiger partial charge on any atom is -0.350 e. The summed E-state index contributed by atoms with van der Waals surface area (Å²) in [5.41, 5.74) is 9.53. The number of primary amides is 1. The summed E-state index contributed by atoms with van der Waals surface area (Å²) in [5.74, 6) is 0.948. The highest BCUT2D eigenvalue weighted by Gasteiger charge is 2.22. The van der Waals surface area contributed by atoms with Crippen molar-refractivity contribution in [2.45, 2.75) is 33.6 Å². The van der Waals surface area contributed by atoms with Crippen molar-refractivity contribution in [3.8, 4) is 0 Å². The smallest absolute Gasteiger partial charge is 0.332 e. The zero-order chi connectivity index (χ0) is 11.4. The van der Waals surface area contributed by atoms with Crippen LogP contribution in [0.1, 0.15) is 33.6 Å². The summed E-state index contributed by atoms with van der Waals surface area (Å²) >= 11 is 0. The minimum absolute atomic E-state index is 0.417. The summed E-state index contributed by atoms with van der Waals surface area (Å²) in [5, 5.41) is 4.05. The van der Waals surface area contributed by atoms with Gasteiger partial charge in [0.25, 0.3) is 0 Å². The molecule has 1 aliphatic carbocycles. The van der Waals surface area contributed by atoms with Gasteiger partial charge in [-0.2, -0.15) is 5.10 Å². The number of hydrazone groups is 1. The van der Waals surface area contributed by atoms with Crippen LogP contribution in [0.3, 0.4) is 0 Å². The Bertz CT molecular complexity index is 305. The summed E-state index contributed by atoms with van der Waals surface area (Å²) in [6, 6.07) is -0.610. The summed E-state index contributed by atoms with van der Waals surface area (Å²) in [6.07, 6.45) is 4.25. The molecule has 4 heteroatoms. The van der Waals surface area contributed by atoms with Crippen molar-refractivity contribution in [2.24, 2.45) is 22.7 Å². The van der Waals surface area contributed by atoms with Gasteiger partial charge in [0.15, 0.2) is 0 Å². The van der Waals surface area contributed by atoms with Crippen molar-refractivity contribution >= 4 is 11.7 Å². The van der Waals surface area contributed by atoms with Gasteiger partial charge >= 0.3 is 6.03 Å². The molecular weight excluding hydrogens is 190 g/mol. The lowest BCUT2D eigenvalue weighted by atomic mass is 9.81. The van der Waals surface area contributed by atoms with Crippen molar-refractivity contribution in [2.75, 3.05) is 0 Å². The molecule has 2 amide bonds. The highest BCUT2D eigenvalue weighted by molar-refractivity contribution is 5.98. The molecule has 4 nitrogen and oxygen atoms in total. The fourth-order valence-corrected chi connectivity index (χ4v) is 1.87. The van der Waals surface area contributed by atoms with E-state index in [1.807, 2.05) is 6.08 Å². The van der Waals surface area contributed by atoms with Crippen molar-refractivity contribution in [3.05, 3.63) is 11.6 Å². The molecule has 1 atom stereocenters. The Labute approximate surface area is 90.6 Å². The van der Waals surface area contributed by atoms with E-state index in [4.69, 9.17) is 5.73 Å².